The van der Waals surface area contributed by atoms with Crippen molar-refractivity contribution in [2.24, 2.45) is 17.6 Å². The molecule has 5 nitrogen and oxygen atoms in total. The van der Waals surface area contributed by atoms with Crippen molar-refractivity contribution in [3.63, 3.8) is 0 Å². The summed E-state index contributed by atoms with van der Waals surface area (Å²) in [4.78, 5) is 15.0. The van der Waals surface area contributed by atoms with Crippen LogP contribution < -0.4 is 5.73 Å². The molecule has 2 aliphatic carbocycles. The van der Waals surface area contributed by atoms with E-state index >= 15 is 0 Å². The van der Waals surface area contributed by atoms with Gasteiger partial charge in [0.1, 0.15) is 5.82 Å². The van der Waals surface area contributed by atoms with Crippen LogP contribution >= 0.6 is 0 Å². The number of amidine groups is 1. The number of carbonyl (C=O) groups excluding carboxylic acids is 1. The lowest BCUT2D eigenvalue weighted by Gasteiger charge is -2.39. The predicted molar refractivity (Wildman–Crippen MR) is 98.3 cm³/mol. The van der Waals surface area contributed by atoms with Gasteiger partial charge < -0.3 is 15.5 Å². The van der Waals surface area contributed by atoms with Gasteiger partial charge in [-0.15, -0.1) is 0 Å². The summed E-state index contributed by atoms with van der Waals surface area (Å²) in [5, 5.41) is 7.48. The third-order valence-corrected chi connectivity index (χ3v) is 5.97. The highest BCUT2D eigenvalue weighted by atomic mass is 19.4. The summed E-state index contributed by atoms with van der Waals surface area (Å²) in [5.41, 5.74) is 6.96. The lowest BCUT2D eigenvalue weighted by atomic mass is 10.0. The maximum atomic E-state index is 13.8. The van der Waals surface area contributed by atoms with Gasteiger partial charge in [0.2, 0.25) is 11.7 Å². The number of hydrogen-bond donors (Lipinski definition) is 2. The van der Waals surface area contributed by atoms with E-state index in [1.54, 1.807) is 0 Å². The minimum absolute atomic E-state index is 0.0182. The zero-order chi connectivity index (χ0) is 22.7. The zero-order valence-electron chi connectivity index (χ0n) is 16.3. The van der Waals surface area contributed by atoms with Gasteiger partial charge in [0, 0.05) is 37.3 Å². The standard InChI is InChI=1S/C20H20F6N4O/c21-13-7-15(23)14(22)4-9(13)3-10(27)5-17(31)29-1-2-30(19(28)20(24,25)26)16(8-29)18-11-6-12(11)18/h4,7,10-12,28H,1-3,5-6,8,27H2/t10-,11?,12?/m1/s1. The van der Waals surface area contributed by atoms with E-state index in [1.807, 2.05) is 0 Å². The number of carbonyl (C=O) groups is 1. The summed E-state index contributed by atoms with van der Waals surface area (Å²) in [7, 11) is 0. The van der Waals surface area contributed by atoms with E-state index in [0.29, 0.717) is 17.8 Å². The topological polar surface area (TPSA) is 73.4 Å². The number of fused-ring (bicyclic) bond motifs is 1. The highest BCUT2D eigenvalue weighted by Crippen LogP contribution is 2.69. The molecule has 3 fully saturated rings. The SMILES string of the molecule is N=C(N1CCN(C(=O)C[C@H](N)Cc2cc(F)c(F)cc2F)CC1=C1C2CC12)C(F)(F)F. The van der Waals surface area contributed by atoms with E-state index in [4.69, 9.17) is 11.1 Å². The minimum atomic E-state index is -4.78. The number of allylic oxidation sites excluding steroid dienone is 1. The molecule has 11 heteroatoms. The van der Waals surface area contributed by atoms with Crippen molar-refractivity contribution in [1.82, 2.24) is 9.80 Å². The van der Waals surface area contributed by atoms with Crippen LogP contribution in [0.1, 0.15) is 18.4 Å². The molecule has 0 radical (unpaired) electrons. The number of hydrogen-bond acceptors (Lipinski definition) is 3. The Kier molecular flexibility index (Phi) is 5.27. The Hall–Kier alpha value is -2.56. The summed E-state index contributed by atoms with van der Waals surface area (Å²) in [6.45, 7) is -0.225. The smallest absolute Gasteiger partial charge is 0.335 e. The molecular formula is C20H20F6N4O. The summed E-state index contributed by atoms with van der Waals surface area (Å²) < 4.78 is 79.4. The highest BCUT2D eigenvalue weighted by Gasteiger charge is 2.62. The number of benzene rings is 1. The van der Waals surface area contributed by atoms with Crippen LogP contribution in [-0.4, -0.2) is 53.4 Å². The van der Waals surface area contributed by atoms with E-state index in [2.05, 4.69) is 0 Å². The van der Waals surface area contributed by atoms with E-state index < -0.39 is 41.4 Å². The molecule has 0 bridgehead atoms. The Labute approximate surface area is 174 Å². The van der Waals surface area contributed by atoms with Crippen molar-refractivity contribution in [3.05, 3.63) is 46.4 Å². The molecule has 1 aromatic rings. The van der Waals surface area contributed by atoms with Gasteiger partial charge in [0.15, 0.2) is 11.6 Å². The Balaban J connectivity index is 1.41. The van der Waals surface area contributed by atoms with Gasteiger partial charge in [0.25, 0.3) is 0 Å². The molecule has 1 amide bonds. The van der Waals surface area contributed by atoms with E-state index in [1.165, 1.54) is 4.90 Å². The fraction of sp³-hybridized carbons (Fsp3) is 0.500. The van der Waals surface area contributed by atoms with Crippen LogP contribution in [0.25, 0.3) is 0 Å². The van der Waals surface area contributed by atoms with Crippen molar-refractivity contribution in [1.29, 1.82) is 5.41 Å². The van der Waals surface area contributed by atoms with Crippen molar-refractivity contribution < 1.29 is 31.1 Å². The van der Waals surface area contributed by atoms with Gasteiger partial charge in [-0.05, 0) is 41.9 Å². The maximum absolute atomic E-state index is 13.8. The number of nitrogens with one attached hydrogen (secondary N) is 1. The number of rotatable bonds is 4. The van der Waals surface area contributed by atoms with Gasteiger partial charge >= 0.3 is 6.18 Å². The molecule has 2 saturated carbocycles. The molecule has 168 valence electrons. The maximum Gasteiger partial charge on any atom is 0.449 e. The minimum Gasteiger partial charge on any atom is -0.335 e. The Bertz CT molecular complexity index is 965. The number of nitrogens with zero attached hydrogens (tertiary/aromatic N) is 2. The predicted octanol–water partition coefficient (Wildman–Crippen LogP) is 2.95. The van der Waals surface area contributed by atoms with E-state index in [9.17, 15) is 31.1 Å². The molecule has 0 spiro atoms. The van der Waals surface area contributed by atoms with Crippen molar-refractivity contribution >= 4 is 11.7 Å². The molecule has 1 aliphatic heterocycles. The molecular weight excluding hydrogens is 426 g/mol. The molecule has 3 N–H and O–H groups in total. The average molecular weight is 446 g/mol. The van der Waals surface area contributed by atoms with Gasteiger partial charge in [0.05, 0.1) is 6.54 Å². The number of halogens is 6. The van der Waals surface area contributed by atoms with Crippen molar-refractivity contribution in [2.75, 3.05) is 19.6 Å². The number of amides is 1. The molecule has 1 aromatic carbocycles. The summed E-state index contributed by atoms with van der Waals surface area (Å²) in [6, 6.07) is 0.218. The van der Waals surface area contributed by atoms with Crippen molar-refractivity contribution in [2.45, 2.75) is 31.5 Å². The van der Waals surface area contributed by atoms with Crippen LogP contribution in [0.5, 0.6) is 0 Å². The Morgan fingerprint density at radius 3 is 2.35 bits per heavy atom. The molecule has 3 aliphatic rings. The second kappa shape index (κ2) is 7.54. The van der Waals surface area contributed by atoms with Gasteiger partial charge in [-0.25, -0.2) is 13.2 Å². The molecule has 2 unspecified atom stereocenters. The molecule has 3 atom stereocenters. The van der Waals surface area contributed by atoms with Crippen molar-refractivity contribution in [3.8, 4) is 0 Å². The van der Waals surface area contributed by atoms with Gasteiger partial charge in [-0.1, -0.05) is 0 Å². The van der Waals surface area contributed by atoms with Crippen LogP contribution in [0.15, 0.2) is 23.4 Å². The van der Waals surface area contributed by atoms with E-state index in [0.717, 1.165) is 16.9 Å². The highest BCUT2D eigenvalue weighted by molar-refractivity contribution is 5.87. The lowest BCUT2D eigenvalue weighted by Crippen LogP contribution is -2.53. The Morgan fingerprint density at radius 1 is 1.13 bits per heavy atom. The number of alkyl halides is 3. The molecule has 4 rings (SSSR count). The molecule has 1 heterocycles. The average Bonchev–Trinajstić information content (AvgIpc) is 3.57. The quantitative estimate of drug-likeness (QED) is 0.323. The van der Waals surface area contributed by atoms with Crippen LogP contribution in [0.4, 0.5) is 26.3 Å². The normalized spacial score (nSPS) is 23.6. The largest absolute Gasteiger partial charge is 0.449 e. The van der Waals surface area contributed by atoms with Gasteiger partial charge in [-0.3, -0.25) is 10.2 Å². The second-order valence-corrected chi connectivity index (χ2v) is 8.19. The first-order valence-corrected chi connectivity index (χ1v) is 9.80. The molecule has 0 aromatic heterocycles. The van der Waals surface area contributed by atoms with Gasteiger partial charge in [-0.2, -0.15) is 13.2 Å². The number of piperazine rings is 1. The molecule has 1 saturated heterocycles. The van der Waals surface area contributed by atoms with E-state index in [-0.39, 0.29) is 49.9 Å². The first-order chi connectivity index (χ1) is 14.5. The monoisotopic (exact) mass is 446 g/mol. The molecule has 31 heavy (non-hydrogen) atoms. The summed E-state index contributed by atoms with van der Waals surface area (Å²) in [5.74, 6) is -4.88. The van der Waals surface area contributed by atoms with Crippen LogP contribution in [-0.2, 0) is 11.2 Å². The first kappa shape index (κ1) is 21.7. The Morgan fingerprint density at radius 2 is 1.77 bits per heavy atom. The fourth-order valence-corrected chi connectivity index (χ4v) is 4.08. The fourth-order valence-electron chi connectivity index (χ4n) is 4.08. The van der Waals surface area contributed by atoms with Crippen LogP contribution in [0, 0.1) is 34.7 Å². The van der Waals surface area contributed by atoms with Crippen LogP contribution in [0.2, 0.25) is 0 Å². The summed E-state index contributed by atoms with van der Waals surface area (Å²) in [6.07, 6.45) is -4.30. The first-order valence-electron chi connectivity index (χ1n) is 9.80. The third-order valence-electron chi connectivity index (χ3n) is 5.97. The van der Waals surface area contributed by atoms with Crippen LogP contribution in [0.3, 0.4) is 0 Å². The zero-order valence-corrected chi connectivity index (χ0v) is 16.3. The number of nitrogens with two attached hydrogens (primary N) is 1. The third kappa shape index (κ3) is 4.28. The summed E-state index contributed by atoms with van der Waals surface area (Å²) >= 11 is 0. The second-order valence-electron chi connectivity index (χ2n) is 8.19. The lowest BCUT2D eigenvalue weighted by molar-refractivity contribution is -0.132.